The van der Waals surface area contributed by atoms with Crippen molar-refractivity contribution in [1.29, 1.82) is 0 Å². The molecular weight excluding hydrogens is 260 g/mol. The van der Waals surface area contributed by atoms with Crippen LogP contribution in [-0.2, 0) is 0 Å². The van der Waals surface area contributed by atoms with Gasteiger partial charge >= 0.3 is 0 Å². The molecule has 3 nitrogen and oxygen atoms in total. The van der Waals surface area contributed by atoms with Crippen molar-refractivity contribution in [2.24, 2.45) is 0 Å². The van der Waals surface area contributed by atoms with Crippen LogP contribution in [0.2, 0.25) is 0 Å². The summed E-state index contributed by atoms with van der Waals surface area (Å²) in [5.41, 5.74) is 8.03. The number of amides is 1. The molecule has 0 saturated heterocycles. The molecule has 0 aromatic heterocycles. The molecule has 21 heavy (non-hydrogen) atoms. The predicted octanol–water partition coefficient (Wildman–Crippen LogP) is 4.45. The van der Waals surface area contributed by atoms with Crippen molar-refractivity contribution >= 4 is 11.6 Å². The normalized spacial score (nSPS) is 10.6. The standard InChI is InChI=1S/C18H30N2O/c1-3-4-5-6-7-8-9-10-13-20-18(21)17-14-16(19)12-11-15(17)2/h11-12,14H,3-10,13,19H2,1-2H3,(H,20,21). The Kier molecular flexibility index (Phi) is 8.56. The average Bonchev–Trinajstić information content (AvgIpc) is 2.48. The van der Waals surface area contributed by atoms with Crippen LogP contribution in [-0.4, -0.2) is 12.5 Å². The van der Waals surface area contributed by atoms with Crippen molar-refractivity contribution in [3.63, 3.8) is 0 Å². The largest absolute Gasteiger partial charge is 0.399 e. The number of anilines is 1. The molecule has 0 bridgehead atoms. The van der Waals surface area contributed by atoms with Gasteiger partial charge in [0.25, 0.3) is 5.91 Å². The zero-order valence-corrected chi connectivity index (χ0v) is 13.6. The Morgan fingerprint density at radius 1 is 1.05 bits per heavy atom. The van der Waals surface area contributed by atoms with Gasteiger partial charge in [-0.25, -0.2) is 0 Å². The number of carbonyl (C=O) groups excluding carboxylic acids is 1. The van der Waals surface area contributed by atoms with Gasteiger partial charge < -0.3 is 11.1 Å². The van der Waals surface area contributed by atoms with Crippen molar-refractivity contribution in [1.82, 2.24) is 5.32 Å². The molecule has 0 aliphatic heterocycles. The molecule has 0 heterocycles. The van der Waals surface area contributed by atoms with E-state index >= 15 is 0 Å². The van der Waals surface area contributed by atoms with Gasteiger partial charge in [0.1, 0.15) is 0 Å². The fourth-order valence-corrected chi connectivity index (χ4v) is 2.44. The van der Waals surface area contributed by atoms with E-state index in [2.05, 4.69) is 12.2 Å². The van der Waals surface area contributed by atoms with Crippen LogP contribution in [0.4, 0.5) is 5.69 Å². The fourth-order valence-electron chi connectivity index (χ4n) is 2.44. The number of nitrogens with two attached hydrogens (primary N) is 1. The van der Waals surface area contributed by atoms with Gasteiger partial charge in [0.05, 0.1) is 0 Å². The van der Waals surface area contributed by atoms with Gasteiger partial charge in [-0.1, -0.05) is 57.9 Å². The SMILES string of the molecule is CCCCCCCCCCNC(=O)c1cc(N)ccc1C. The van der Waals surface area contributed by atoms with Gasteiger partial charge in [-0.3, -0.25) is 4.79 Å². The third-order valence-corrected chi connectivity index (χ3v) is 3.82. The fraction of sp³-hybridized carbons (Fsp3) is 0.611. The van der Waals surface area contributed by atoms with Crippen LogP contribution in [0.15, 0.2) is 18.2 Å². The topological polar surface area (TPSA) is 55.1 Å². The number of unbranched alkanes of at least 4 members (excludes halogenated alkanes) is 7. The van der Waals surface area contributed by atoms with Gasteiger partial charge in [0.15, 0.2) is 0 Å². The second-order valence-electron chi connectivity index (χ2n) is 5.81. The molecule has 0 saturated carbocycles. The lowest BCUT2D eigenvalue weighted by molar-refractivity contribution is 0.0952. The van der Waals surface area contributed by atoms with Gasteiger partial charge in [-0.2, -0.15) is 0 Å². The van der Waals surface area contributed by atoms with Crippen molar-refractivity contribution in [3.05, 3.63) is 29.3 Å². The van der Waals surface area contributed by atoms with E-state index in [1.807, 2.05) is 19.1 Å². The second kappa shape index (κ2) is 10.3. The molecule has 1 aromatic carbocycles. The summed E-state index contributed by atoms with van der Waals surface area (Å²) in [4.78, 5) is 12.1. The van der Waals surface area contributed by atoms with Crippen LogP contribution < -0.4 is 11.1 Å². The Balaban J connectivity index is 2.12. The third-order valence-electron chi connectivity index (χ3n) is 3.82. The smallest absolute Gasteiger partial charge is 0.251 e. The molecule has 3 heteroatoms. The number of nitrogens with one attached hydrogen (secondary N) is 1. The van der Waals surface area contributed by atoms with Crippen molar-refractivity contribution in [2.45, 2.75) is 65.2 Å². The maximum atomic E-state index is 12.1. The first-order chi connectivity index (χ1) is 10.1. The van der Waals surface area contributed by atoms with Gasteiger partial charge in [0.2, 0.25) is 0 Å². The Morgan fingerprint density at radius 2 is 1.67 bits per heavy atom. The highest BCUT2D eigenvalue weighted by atomic mass is 16.1. The lowest BCUT2D eigenvalue weighted by Gasteiger charge is -2.08. The summed E-state index contributed by atoms with van der Waals surface area (Å²) in [6, 6.07) is 5.46. The number of benzene rings is 1. The molecule has 0 fully saturated rings. The monoisotopic (exact) mass is 290 g/mol. The van der Waals surface area contributed by atoms with Crippen LogP contribution in [0.25, 0.3) is 0 Å². The van der Waals surface area contributed by atoms with Crippen LogP contribution in [0.5, 0.6) is 0 Å². The van der Waals surface area contributed by atoms with Gasteiger partial charge in [-0.05, 0) is 31.0 Å². The predicted molar refractivity (Wildman–Crippen MR) is 90.5 cm³/mol. The molecule has 0 aliphatic rings. The van der Waals surface area contributed by atoms with E-state index in [0.717, 1.165) is 18.5 Å². The quantitative estimate of drug-likeness (QED) is 0.494. The highest BCUT2D eigenvalue weighted by Gasteiger charge is 2.08. The first kappa shape index (κ1) is 17.5. The number of aryl methyl sites for hydroxylation is 1. The number of rotatable bonds is 10. The molecule has 118 valence electrons. The lowest BCUT2D eigenvalue weighted by Crippen LogP contribution is -2.25. The van der Waals surface area contributed by atoms with Crippen molar-refractivity contribution in [3.8, 4) is 0 Å². The molecule has 0 atom stereocenters. The summed E-state index contributed by atoms with van der Waals surface area (Å²) in [6.07, 6.45) is 10.2. The number of hydrogen-bond donors (Lipinski definition) is 2. The zero-order valence-electron chi connectivity index (χ0n) is 13.6. The van der Waals surface area contributed by atoms with E-state index < -0.39 is 0 Å². The van der Waals surface area contributed by atoms with E-state index in [0.29, 0.717) is 11.3 Å². The van der Waals surface area contributed by atoms with Crippen LogP contribution in [0.1, 0.15) is 74.2 Å². The summed E-state index contributed by atoms with van der Waals surface area (Å²) in [6.45, 7) is 4.93. The van der Waals surface area contributed by atoms with Crippen molar-refractivity contribution in [2.75, 3.05) is 12.3 Å². The van der Waals surface area contributed by atoms with Crippen LogP contribution in [0, 0.1) is 6.92 Å². The molecule has 0 radical (unpaired) electrons. The number of carbonyl (C=O) groups is 1. The van der Waals surface area contributed by atoms with E-state index in [4.69, 9.17) is 5.73 Å². The zero-order chi connectivity index (χ0) is 15.5. The van der Waals surface area contributed by atoms with E-state index in [1.54, 1.807) is 6.07 Å². The minimum Gasteiger partial charge on any atom is -0.399 e. The summed E-state index contributed by atoms with van der Waals surface area (Å²) in [7, 11) is 0. The molecule has 1 rings (SSSR count). The minimum atomic E-state index is -0.0113. The van der Waals surface area contributed by atoms with Gasteiger partial charge in [-0.15, -0.1) is 0 Å². The summed E-state index contributed by atoms with van der Waals surface area (Å²) in [5, 5.41) is 2.98. The van der Waals surface area contributed by atoms with Crippen LogP contribution in [0.3, 0.4) is 0 Å². The van der Waals surface area contributed by atoms with Crippen LogP contribution >= 0.6 is 0 Å². The molecule has 1 aromatic rings. The Hall–Kier alpha value is -1.51. The lowest BCUT2D eigenvalue weighted by atomic mass is 10.1. The maximum absolute atomic E-state index is 12.1. The molecular formula is C18H30N2O. The highest BCUT2D eigenvalue weighted by Crippen LogP contribution is 2.12. The molecule has 1 amide bonds. The minimum absolute atomic E-state index is 0.0113. The average molecular weight is 290 g/mol. The maximum Gasteiger partial charge on any atom is 0.251 e. The number of hydrogen-bond acceptors (Lipinski definition) is 2. The Bertz CT molecular complexity index is 429. The Labute approximate surface area is 129 Å². The van der Waals surface area contributed by atoms with Crippen molar-refractivity contribution < 1.29 is 4.79 Å². The second-order valence-corrected chi connectivity index (χ2v) is 5.81. The first-order valence-corrected chi connectivity index (χ1v) is 8.29. The molecule has 0 aliphatic carbocycles. The third kappa shape index (κ3) is 7.16. The molecule has 0 unspecified atom stereocenters. The van der Waals surface area contributed by atoms with E-state index in [-0.39, 0.29) is 5.91 Å². The summed E-state index contributed by atoms with van der Waals surface area (Å²) in [5.74, 6) is -0.0113. The first-order valence-electron chi connectivity index (χ1n) is 8.29. The molecule has 3 N–H and O–H groups in total. The highest BCUT2D eigenvalue weighted by molar-refractivity contribution is 5.96. The van der Waals surface area contributed by atoms with E-state index in [9.17, 15) is 4.79 Å². The van der Waals surface area contributed by atoms with Gasteiger partial charge in [0, 0.05) is 17.8 Å². The summed E-state index contributed by atoms with van der Waals surface area (Å²) < 4.78 is 0. The summed E-state index contributed by atoms with van der Waals surface area (Å²) >= 11 is 0. The Morgan fingerprint density at radius 3 is 2.33 bits per heavy atom. The van der Waals surface area contributed by atoms with E-state index in [1.165, 1.54) is 44.9 Å². The number of nitrogen functional groups attached to an aromatic ring is 1. The molecule has 0 spiro atoms.